The molecule has 1 aliphatic carbocycles. The Kier molecular flexibility index (Phi) is 5.39. The van der Waals surface area contributed by atoms with E-state index >= 15 is 0 Å². The minimum atomic E-state index is -1.24. The van der Waals surface area contributed by atoms with Crippen molar-refractivity contribution in [2.24, 2.45) is 11.3 Å². The maximum Gasteiger partial charge on any atom is 0.314 e. The van der Waals surface area contributed by atoms with Crippen molar-refractivity contribution in [3.8, 4) is 0 Å². The maximum atomic E-state index is 12.4. The number of carboxylic acids is 1. The molecule has 1 aliphatic heterocycles. The lowest BCUT2D eigenvalue weighted by Gasteiger charge is -2.43. The molecule has 1 amide bonds. The molecule has 2 atom stereocenters. The molecule has 0 spiro atoms. The molecule has 6 heteroatoms. The van der Waals surface area contributed by atoms with Crippen LogP contribution in [0.1, 0.15) is 31.2 Å². The van der Waals surface area contributed by atoms with E-state index in [0.29, 0.717) is 31.9 Å². The van der Waals surface area contributed by atoms with Crippen LogP contribution in [0.5, 0.6) is 0 Å². The fourth-order valence-electron chi connectivity index (χ4n) is 3.55. The zero-order valence-electron chi connectivity index (χ0n) is 14.3. The lowest BCUT2D eigenvalue weighted by Crippen LogP contribution is -2.58. The van der Waals surface area contributed by atoms with E-state index < -0.39 is 17.5 Å². The number of aliphatic hydroxyl groups excluding tert-OH is 1. The van der Waals surface area contributed by atoms with Gasteiger partial charge in [0, 0.05) is 13.1 Å². The maximum absolute atomic E-state index is 12.4. The van der Waals surface area contributed by atoms with E-state index in [1.807, 2.05) is 30.3 Å². The Morgan fingerprint density at radius 1 is 1.20 bits per heavy atom. The number of amides is 1. The predicted molar refractivity (Wildman–Crippen MR) is 90.7 cm³/mol. The van der Waals surface area contributed by atoms with Gasteiger partial charge in [-0.05, 0) is 24.3 Å². The van der Waals surface area contributed by atoms with Gasteiger partial charge >= 0.3 is 5.97 Å². The first-order valence-corrected chi connectivity index (χ1v) is 8.82. The second-order valence-electron chi connectivity index (χ2n) is 7.21. The van der Waals surface area contributed by atoms with E-state index in [0.717, 1.165) is 18.4 Å². The fraction of sp³-hybridized carbons (Fsp3) is 0.579. The van der Waals surface area contributed by atoms with Gasteiger partial charge in [0.1, 0.15) is 12.0 Å². The molecule has 25 heavy (non-hydrogen) atoms. The van der Waals surface area contributed by atoms with Crippen molar-refractivity contribution >= 4 is 11.9 Å². The van der Waals surface area contributed by atoms with Crippen molar-refractivity contribution in [2.45, 2.75) is 38.4 Å². The monoisotopic (exact) mass is 347 g/mol. The first-order chi connectivity index (χ1) is 12.0. The second kappa shape index (κ2) is 7.54. The molecular weight excluding hydrogens is 322 g/mol. The van der Waals surface area contributed by atoms with Crippen molar-refractivity contribution in [2.75, 3.05) is 19.7 Å². The van der Waals surface area contributed by atoms with Crippen LogP contribution in [0.4, 0.5) is 0 Å². The summed E-state index contributed by atoms with van der Waals surface area (Å²) in [6, 6.07) is 9.58. The Labute approximate surface area is 147 Å². The summed E-state index contributed by atoms with van der Waals surface area (Å²) in [7, 11) is 0. The number of rotatable bonds is 7. The van der Waals surface area contributed by atoms with Crippen molar-refractivity contribution < 1.29 is 24.5 Å². The van der Waals surface area contributed by atoms with Gasteiger partial charge in [-0.3, -0.25) is 9.59 Å². The second-order valence-corrected chi connectivity index (χ2v) is 7.21. The Morgan fingerprint density at radius 3 is 2.56 bits per heavy atom. The number of carbonyl (C=O) groups is 2. The van der Waals surface area contributed by atoms with Crippen LogP contribution >= 0.6 is 0 Å². The molecule has 0 radical (unpaired) electrons. The molecule has 1 aromatic carbocycles. The first-order valence-electron chi connectivity index (χ1n) is 8.82. The lowest BCUT2D eigenvalue weighted by atomic mass is 9.73. The first kappa shape index (κ1) is 17.9. The van der Waals surface area contributed by atoms with E-state index in [2.05, 4.69) is 0 Å². The highest BCUT2D eigenvalue weighted by molar-refractivity contribution is 5.81. The van der Waals surface area contributed by atoms with Gasteiger partial charge < -0.3 is 19.8 Å². The Balaban J connectivity index is 1.57. The molecule has 2 aliphatic rings. The summed E-state index contributed by atoms with van der Waals surface area (Å²) < 4.78 is 5.48. The zero-order chi connectivity index (χ0) is 17.9. The van der Waals surface area contributed by atoms with E-state index in [1.54, 1.807) is 0 Å². The standard InChI is InChI=1S/C19H25NO5/c21-16-8-9-20(13-19(16,18(23)24)10-14-6-7-14)17(22)12-25-11-15-4-2-1-3-5-15/h1-5,14,16,21H,6-13H2,(H,23,24)/t16-,19+/m0/s1. The molecule has 0 unspecified atom stereocenters. The van der Waals surface area contributed by atoms with E-state index in [1.165, 1.54) is 4.90 Å². The minimum Gasteiger partial charge on any atom is -0.481 e. The van der Waals surface area contributed by atoms with Crippen molar-refractivity contribution in [3.63, 3.8) is 0 Å². The van der Waals surface area contributed by atoms with Crippen LogP contribution < -0.4 is 0 Å². The van der Waals surface area contributed by atoms with Gasteiger partial charge in [-0.2, -0.15) is 0 Å². The molecule has 1 saturated carbocycles. The van der Waals surface area contributed by atoms with E-state index in [9.17, 15) is 19.8 Å². The lowest BCUT2D eigenvalue weighted by molar-refractivity contribution is -0.168. The fourth-order valence-corrected chi connectivity index (χ4v) is 3.55. The molecule has 136 valence electrons. The number of ether oxygens (including phenoxy) is 1. The van der Waals surface area contributed by atoms with Crippen LogP contribution in [0.2, 0.25) is 0 Å². The number of benzene rings is 1. The van der Waals surface area contributed by atoms with Crippen LogP contribution in [-0.4, -0.2) is 52.8 Å². The summed E-state index contributed by atoms with van der Waals surface area (Å²) in [6.45, 7) is 0.696. The number of likely N-dealkylation sites (tertiary alicyclic amines) is 1. The summed E-state index contributed by atoms with van der Waals surface area (Å²) in [5, 5.41) is 20.1. The summed E-state index contributed by atoms with van der Waals surface area (Å²) in [5.41, 5.74) is -0.257. The SMILES string of the molecule is O=C(COCc1ccccc1)N1CC[C@H](O)[C@](CC2CC2)(C(=O)O)C1. The molecule has 6 nitrogen and oxygen atoms in total. The quantitative estimate of drug-likeness (QED) is 0.783. The normalized spacial score (nSPS) is 26.4. The number of aliphatic hydroxyl groups is 1. The topological polar surface area (TPSA) is 87.1 Å². The van der Waals surface area contributed by atoms with Gasteiger partial charge in [-0.25, -0.2) is 0 Å². The third-order valence-electron chi connectivity index (χ3n) is 5.25. The number of carboxylic acid groups (broad SMARTS) is 1. The minimum absolute atomic E-state index is 0.0630. The summed E-state index contributed by atoms with van der Waals surface area (Å²) in [5.74, 6) is -0.867. The van der Waals surface area contributed by atoms with Crippen molar-refractivity contribution in [1.82, 2.24) is 4.90 Å². The molecule has 2 fully saturated rings. The van der Waals surface area contributed by atoms with Gasteiger partial charge in [0.05, 0.1) is 12.7 Å². The highest BCUT2D eigenvalue weighted by atomic mass is 16.5. The smallest absolute Gasteiger partial charge is 0.314 e. The molecule has 1 heterocycles. The number of piperidine rings is 1. The van der Waals surface area contributed by atoms with Gasteiger partial charge in [-0.1, -0.05) is 43.2 Å². The number of nitrogens with zero attached hydrogens (tertiary/aromatic N) is 1. The Morgan fingerprint density at radius 2 is 1.92 bits per heavy atom. The summed E-state index contributed by atoms with van der Waals surface area (Å²) in [6.07, 6.45) is 1.85. The van der Waals surface area contributed by atoms with Gasteiger partial charge in [0.15, 0.2) is 0 Å². The van der Waals surface area contributed by atoms with Crippen LogP contribution in [0.25, 0.3) is 0 Å². The van der Waals surface area contributed by atoms with Crippen LogP contribution in [0.15, 0.2) is 30.3 Å². The van der Waals surface area contributed by atoms with Gasteiger partial charge in [-0.15, -0.1) is 0 Å². The van der Waals surface area contributed by atoms with E-state index in [4.69, 9.17) is 4.74 Å². The Hall–Kier alpha value is -1.92. The molecule has 1 aromatic rings. The predicted octanol–water partition coefficient (Wildman–Crippen LogP) is 1.67. The number of carbonyl (C=O) groups excluding carboxylic acids is 1. The van der Waals surface area contributed by atoms with E-state index in [-0.39, 0.29) is 19.1 Å². The van der Waals surface area contributed by atoms with Crippen molar-refractivity contribution in [1.29, 1.82) is 0 Å². The summed E-state index contributed by atoms with van der Waals surface area (Å²) >= 11 is 0. The molecule has 3 rings (SSSR count). The largest absolute Gasteiger partial charge is 0.481 e. The number of hydrogen-bond donors (Lipinski definition) is 2. The van der Waals surface area contributed by atoms with Gasteiger partial charge in [0.2, 0.25) is 5.91 Å². The molecule has 2 N–H and O–H groups in total. The number of hydrogen-bond acceptors (Lipinski definition) is 4. The average Bonchev–Trinajstić information content (AvgIpc) is 3.41. The van der Waals surface area contributed by atoms with Gasteiger partial charge in [0.25, 0.3) is 0 Å². The average molecular weight is 347 g/mol. The van der Waals surface area contributed by atoms with Crippen LogP contribution in [-0.2, 0) is 20.9 Å². The highest BCUT2D eigenvalue weighted by Crippen LogP contribution is 2.45. The number of aliphatic carboxylic acids is 1. The highest BCUT2D eigenvalue weighted by Gasteiger charge is 2.52. The molecule has 0 bridgehead atoms. The van der Waals surface area contributed by atoms with Crippen LogP contribution in [0.3, 0.4) is 0 Å². The molecular formula is C19H25NO5. The zero-order valence-corrected chi connectivity index (χ0v) is 14.3. The molecule has 0 aromatic heterocycles. The Bertz CT molecular complexity index is 616. The van der Waals surface area contributed by atoms with Crippen LogP contribution in [0, 0.1) is 11.3 Å². The summed E-state index contributed by atoms with van der Waals surface area (Å²) in [4.78, 5) is 25.9. The molecule has 1 saturated heterocycles. The van der Waals surface area contributed by atoms with Crippen molar-refractivity contribution in [3.05, 3.63) is 35.9 Å². The third-order valence-corrected chi connectivity index (χ3v) is 5.25. The third kappa shape index (κ3) is 4.19.